The van der Waals surface area contributed by atoms with Crippen LogP contribution in [-0.4, -0.2) is 35.1 Å². The van der Waals surface area contributed by atoms with Crippen LogP contribution < -0.4 is 5.32 Å². The third kappa shape index (κ3) is 3.96. The smallest absolute Gasteiger partial charge is 0.408 e. The molecule has 1 saturated heterocycles. The fraction of sp³-hybridized carbons (Fsp3) is 0.571. The number of nitrogens with one attached hydrogen (secondary N) is 1. The van der Waals surface area contributed by atoms with Crippen LogP contribution in [0.15, 0.2) is 17.5 Å². The Balaban J connectivity index is 1.86. The summed E-state index contributed by atoms with van der Waals surface area (Å²) in [7, 11) is 0. The number of ether oxygens (including phenoxy) is 1. The van der Waals surface area contributed by atoms with Crippen molar-refractivity contribution in [2.75, 3.05) is 6.54 Å². The van der Waals surface area contributed by atoms with Crippen molar-refractivity contribution in [3.05, 3.63) is 22.4 Å². The summed E-state index contributed by atoms with van der Waals surface area (Å²) in [5.41, 5.74) is -0.553. The van der Waals surface area contributed by atoms with E-state index in [1.165, 1.54) is 0 Å². The van der Waals surface area contributed by atoms with Gasteiger partial charge in [0.15, 0.2) is 0 Å². The third-order valence-corrected chi connectivity index (χ3v) is 3.78. The molecule has 0 unspecified atom stereocenters. The number of amides is 2. The molecule has 1 fully saturated rings. The largest absolute Gasteiger partial charge is 0.444 e. The highest BCUT2D eigenvalue weighted by Crippen LogP contribution is 2.18. The van der Waals surface area contributed by atoms with Gasteiger partial charge >= 0.3 is 6.09 Å². The zero-order chi connectivity index (χ0) is 14.8. The van der Waals surface area contributed by atoms with E-state index in [4.69, 9.17) is 4.74 Å². The maximum atomic E-state index is 12.2. The molecule has 5 nitrogen and oxygen atoms in total. The summed E-state index contributed by atoms with van der Waals surface area (Å²) >= 11 is 1.63. The van der Waals surface area contributed by atoms with Crippen LogP contribution in [-0.2, 0) is 16.1 Å². The number of carbonyl (C=O) groups excluding carboxylic acids is 2. The zero-order valence-corrected chi connectivity index (χ0v) is 12.8. The van der Waals surface area contributed by atoms with Crippen LogP contribution in [0, 0.1) is 0 Å². The Bertz CT molecular complexity index is 479. The van der Waals surface area contributed by atoms with Crippen LogP contribution in [0.3, 0.4) is 0 Å². The van der Waals surface area contributed by atoms with Gasteiger partial charge in [0.2, 0.25) is 5.91 Å². The number of rotatable bonds is 3. The van der Waals surface area contributed by atoms with Gasteiger partial charge in [0.05, 0.1) is 6.54 Å². The summed E-state index contributed by atoms with van der Waals surface area (Å²) in [6, 6.07) is 3.51. The van der Waals surface area contributed by atoms with E-state index in [2.05, 4.69) is 5.32 Å². The lowest BCUT2D eigenvalue weighted by molar-refractivity contribution is -0.129. The third-order valence-electron chi connectivity index (χ3n) is 2.92. The minimum atomic E-state index is -0.553. The topological polar surface area (TPSA) is 58.6 Å². The summed E-state index contributed by atoms with van der Waals surface area (Å²) in [4.78, 5) is 26.8. The van der Waals surface area contributed by atoms with Gasteiger partial charge in [-0.3, -0.25) is 4.79 Å². The molecule has 2 heterocycles. The Hall–Kier alpha value is -1.56. The molecule has 110 valence electrons. The van der Waals surface area contributed by atoms with Crippen LogP contribution in [0.4, 0.5) is 4.79 Å². The normalized spacial score (nSPS) is 19.2. The Morgan fingerprint density at radius 2 is 2.30 bits per heavy atom. The SMILES string of the molecule is CC(C)(C)OC(=O)N[C@H]1CCN(Cc2cccs2)C1=O. The van der Waals surface area contributed by atoms with Gasteiger partial charge in [-0.05, 0) is 38.6 Å². The second-order valence-corrected chi connectivity index (χ2v) is 6.86. The van der Waals surface area contributed by atoms with Crippen molar-refractivity contribution in [2.45, 2.75) is 45.4 Å². The summed E-state index contributed by atoms with van der Waals surface area (Å²) < 4.78 is 5.17. The summed E-state index contributed by atoms with van der Waals surface area (Å²) in [6.07, 6.45) is 0.0949. The molecule has 0 aromatic carbocycles. The highest BCUT2D eigenvalue weighted by atomic mass is 32.1. The van der Waals surface area contributed by atoms with Crippen LogP contribution in [0.2, 0.25) is 0 Å². The molecule has 1 aliphatic heterocycles. The number of carbonyl (C=O) groups is 2. The molecule has 0 saturated carbocycles. The molecule has 1 aromatic rings. The second-order valence-electron chi connectivity index (χ2n) is 5.83. The highest BCUT2D eigenvalue weighted by molar-refractivity contribution is 7.09. The Labute approximate surface area is 122 Å². The van der Waals surface area contributed by atoms with Crippen molar-refractivity contribution < 1.29 is 14.3 Å². The fourth-order valence-corrected chi connectivity index (χ4v) is 2.79. The Kier molecular flexibility index (Phi) is 4.32. The van der Waals surface area contributed by atoms with Gasteiger partial charge in [-0.25, -0.2) is 4.79 Å². The molecular weight excluding hydrogens is 276 g/mol. The molecule has 1 N–H and O–H groups in total. The monoisotopic (exact) mass is 296 g/mol. The van der Waals surface area contributed by atoms with E-state index in [1.807, 2.05) is 17.5 Å². The maximum Gasteiger partial charge on any atom is 0.408 e. The predicted molar refractivity (Wildman–Crippen MR) is 77.5 cm³/mol. The quantitative estimate of drug-likeness (QED) is 0.931. The van der Waals surface area contributed by atoms with Gasteiger partial charge in [0.25, 0.3) is 0 Å². The summed E-state index contributed by atoms with van der Waals surface area (Å²) in [5, 5.41) is 4.64. The van der Waals surface area contributed by atoms with Crippen molar-refractivity contribution >= 4 is 23.3 Å². The van der Waals surface area contributed by atoms with Crippen LogP contribution in [0.25, 0.3) is 0 Å². The molecule has 0 bridgehead atoms. The average Bonchev–Trinajstić information content (AvgIpc) is 2.92. The number of likely N-dealkylation sites (tertiary alicyclic amines) is 1. The van der Waals surface area contributed by atoms with Gasteiger partial charge in [-0.1, -0.05) is 6.07 Å². The highest BCUT2D eigenvalue weighted by Gasteiger charge is 2.33. The van der Waals surface area contributed by atoms with E-state index < -0.39 is 17.7 Å². The number of hydrogen-bond donors (Lipinski definition) is 1. The molecule has 1 aromatic heterocycles. The van der Waals surface area contributed by atoms with Gasteiger partial charge in [0, 0.05) is 11.4 Å². The van der Waals surface area contributed by atoms with Gasteiger partial charge in [-0.15, -0.1) is 11.3 Å². The van der Waals surface area contributed by atoms with Crippen molar-refractivity contribution in [3.8, 4) is 0 Å². The van der Waals surface area contributed by atoms with Crippen LogP contribution in [0.5, 0.6) is 0 Å². The van der Waals surface area contributed by atoms with Crippen molar-refractivity contribution in [1.29, 1.82) is 0 Å². The summed E-state index contributed by atoms with van der Waals surface area (Å²) in [5.74, 6) is -0.0377. The van der Waals surface area contributed by atoms with Crippen LogP contribution >= 0.6 is 11.3 Å². The molecule has 20 heavy (non-hydrogen) atoms. The first kappa shape index (κ1) is 14.8. The number of nitrogens with zero attached hydrogens (tertiary/aromatic N) is 1. The minimum Gasteiger partial charge on any atom is -0.444 e. The molecule has 2 rings (SSSR count). The van der Waals surface area contributed by atoms with Crippen molar-refractivity contribution in [3.63, 3.8) is 0 Å². The molecule has 6 heteroatoms. The molecule has 1 atom stereocenters. The Morgan fingerprint density at radius 1 is 1.55 bits per heavy atom. The number of thiophene rings is 1. The molecule has 0 spiro atoms. The van der Waals surface area contributed by atoms with E-state index in [-0.39, 0.29) is 5.91 Å². The first-order valence-electron chi connectivity index (χ1n) is 6.66. The first-order valence-corrected chi connectivity index (χ1v) is 7.54. The fourth-order valence-electron chi connectivity index (χ4n) is 2.07. The zero-order valence-electron chi connectivity index (χ0n) is 12.0. The Morgan fingerprint density at radius 3 is 2.90 bits per heavy atom. The predicted octanol–water partition coefficient (Wildman–Crippen LogP) is 2.37. The van der Waals surface area contributed by atoms with Gasteiger partial charge < -0.3 is 15.0 Å². The van der Waals surface area contributed by atoms with Crippen LogP contribution in [0.1, 0.15) is 32.1 Å². The van der Waals surface area contributed by atoms with E-state index in [9.17, 15) is 9.59 Å². The lowest BCUT2D eigenvalue weighted by Crippen LogP contribution is -2.43. The van der Waals surface area contributed by atoms with E-state index in [1.54, 1.807) is 37.0 Å². The summed E-state index contributed by atoms with van der Waals surface area (Å²) in [6.45, 7) is 6.67. The lowest BCUT2D eigenvalue weighted by Gasteiger charge is -2.21. The average molecular weight is 296 g/mol. The van der Waals surface area contributed by atoms with Gasteiger partial charge in [0.1, 0.15) is 11.6 Å². The lowest BCUT2D eigenvalue weighted by atomic mass is 10.2. The molecule has 0 aliphatic carbocycles. The molecule has 1 aliphatic rings. The van der Waals surface area contributed by atoms with Gasteiger partial charge in [-0.2, -0.15) is 0 Å². The second kappa shape index (κ2) is 5.83. The minimum absolute atomic E-state index is 0.0377. The maximum absolute atomic E-state index is 12.2. The first-order chi connectivity index (χ1) is 9.35. The van der Waals surface area contributed by atoms with E-state index in [0.717, 1.165) is 4.88 Å². The standard InChI is InChI=1S/C14H20N2O3S/c1-14(2,3)19-13(18)15-11-6-7-16(12(11)17)9-10-5-4-8-20-10/h4-5,8,11H,6-7,9H2,1-3H3,(H,15,18)/t11-/m0/s1. The van der Waals surface area contributed by atoms with Crippen molar-refractivity contribution in [2.24, 2.45) is 0 Å². The van der Waals surface area contributed by atoms with E-state index in [0.29, 0.717) is 19.5 Å². The number of hydrogen-bond acceptors (Lipinski definition) is 4. The van der Waals surface area contributed by atoms with E-state index >= 15 is 0 Å². The molecular formula is C14H20N2O3S. The number of alkyl carbamates (subject to hydrolysis) is 1. The van der Waals surface area contributed by atoms with Crippen molar-refractivity contribution in [1.82, 2.24) is 10.2 Å². The molecule has 2 amide bonds. The molecule has 0 radical (unpaired) electrons.